The standard InChI is InChI=1S/C17H19ClN2O4S/c1-9-10(2)25-16(15(9)17(22)24-4)20-14(21)8-19-12-7-11(18)5-6-13(12)23-3/h5-7,19H,8H2,1-4H3,(H,20,21). The number of ether oxygens (including phenoxy) is 2. The molecular formula is C17H19ClN2O4S. The smallest absolute Gasteiger partial charge is 0.341 e. The molecule has 1 aromatic carbocycles. The van der Waals surface area contributed by atoms with E-state index in [0.29, 0.717) is 27.0 Å². The second-order valence-electron chi connectivity index (χ2n) is 5.23. The van der Waals surface area contributed by atoms with Gasteiger partial charge in [0.05, 0.1) is 32.0 Å². The molecule has 0 radical (unpaired) electrons. The molecular weight excluding hydrogens is 364 g/mol. The molecule has 0 atom stereocenters. The number of hydrogen-bond donors (Lipinski definition) is 2. The largest absolute Gasteiger partial charge is 0.495 e. The molecule has 0 saturated carbocycles. The molecule has 8 heteroatoms. The zero-order chi connectivity index (χ0) is 18.6. The van der Waals surface area contributed by atoms with Crippen molar-refractivity contribution in [3.63, 3.8) is 0 Å². The number of halogens is 1. The number of anilines is 2. The number of methoxy groups -OCH3 is 2. The van der Waals surface area contributed by atoms with Gasteiger partial charge < -0.3 is 20.1 Å². The average Bonchev–Trinajstić information content (AvgIpc) is 2.86. The minimum atomic E-state index is -0.471. The molecule has 2 aromatic rings. The van der Waals surface area contributed by atoms with E-state index in [-0.39, 0.29) is 12.5 Å². The highest BCUT2D eigenvalue weighted by Gasteiger charge is 2.21. The SMILES string of the molecule is COC(=O)c1c(NC(=O)CNc2cc(Cl)ccc2OC)sc(C)c1C. The molecule has 25 heavy (non-hydrogen) atoms. The molecule has 2 rings (SSSR count). The van der Waals surface area contributed by atoms with Crippen molar-refractivity contribution in [1.82, 2.24) is 0 Å². The van der Waals surface area contributed by atoms with E-state index in [1.54, 1.807) is 18.2 Å². The number of esters is 1. The van der Waals surface area contributed by atoms with Gasteiger partial charge in [-0.05, 0) is 37.6 Å². The van der Waals surface area contributed by atoms with E-state index < -0.39 is 5.97 Å². The summed E-state index contributed by atoms with van der Waals surface area (Å²) in [5.41, 5.74) is 1.80. The molecule has 1 aromatic heterocycles. The van der Waals surface area contributed by atoms with E-state index in [4.69, 9.17) is 21.1 Å². The van der Waals surface area contributed by atoms with Gasteiger partial charge in [-0.2, -0.15) is 0 Å². The highest BCUT2D eigenvalue weighted by molar-refractivity contribution is 7.16. The van der Waals surface area contributed by atoms with Crippen LogP contribution in [-0.2, 0) is 9.53 Å². The van der Waals surface area contributed by atoms with Gasteiger partial charge in [0.15, 0.2) is 0 Å². The molecule has 1 heterocycles. The zero-order valence-corrected chi connectivity index (χ0v) is 15.9. The molecule has 0 aliphatic rings. The van der Waals surface area contributed by atoms with Crippen LogP contribution < -0.4 is 15.4 Å². The first-order chi connectivity index (χ1) is 11.9. The van der Waals surface area contributed by atoms with Crippen LogP contribution in [0.5, 0.6) is 5.75 Å². The molecule has 0 spiro atoms. The van der Waals surface area contributed by atoms with Crippen LogP contribution in [0.25, 0.3) is 0 Å². The summed E-state index contributed by atoms with van der Waals surface area (Å²) in [6, 6.07) is 5.09. The van der Waals surface area contributed by atoms with Crippen LogP contribution >= 0.6 is 22.9 Å². The Hall–Kier alpha value is -2.25. The van der Waals surface area contributed by atoms with Crippen molar-refractivity contribution < 1.29 is 19.1 Å². The van der Waals surface area contributed by atoms with Gasteiger partial charge in [-0.3, -0.25) is 4.79 Å². The van der Waals surface area contributed by atoms with Crippen molar-refractivity contribution >= 4 is 45.5 Å². The summed E-state index contributed by atoms with van der Waals surface area (Å²) >= 11 is 7.30. The minimum Gasteiger partial charge on any atom is -0.495 e. The number of rotatable bonds is 6. The van der Waals surface area contributed by atoms with E-state index >= 15 is 0 Å². The molecule has 134 valence electrons. The number of benzene rings is 1. The highest BCUT2D eigenvalue weighted by atomic mass is 35.5. The van der Waals surface area contributed by atoms with Crippen molar-refractivity contribution in [1.29, 1.82) is 0 Å². The second-order valence-corrected chi connectivity index (χ2v) is 6.89. The number of thiophene rings is 1. The van der Waals surface area contributed by atoms with Crippen LogP contribution in [0.3, 0.4) is 0 Å². The number of hydrogen-bond acceptors (Lipinski definition) is 6. The third kappa shape index (κ3) is 4.43. The van der Waals surface area contributed by atoms with Gasteiger partial charge in [-0.25, -0.2) is 4.79 Å². The number of amides is 1. The van der Waals surface area contributed by atoms with Gasteiger partial charge in [0.2, 0.25) is 5.91 Å². The van der Waals surface area contributed by atoms with Crippen molar-refractivity contribution in [3.05, 3.63) is 39.2 Å². The topological polar surface area (TPSA) is 76.7 Å². The van der Waals surface area contributed by atoms with Crippen LogP contribution in [-0.4, -0.2) is 32.6 Å². The van der Waals surface area contributed by atoms with Gasteiger partial charge in [-0.15, -0.1) is 11.3 Å². The summed E-state index contributed by atoms with van der Waals surface area (Å²) in [6.45, 7) is 3.70. The lowest BCUT2D eigenvalue weighted by atomic mass is 10.1. The first-order valence-electron chi connectivity index (χ1n) is 7.43. The van der Waals surface area contributed by atoms with E-state index in [0.717, 1.165) is 10.4 Å². The zero-order valence-electron chi connectivity index (χ0n) is 14.4. The van der Waals surface area contributed by atoms with Crippen molar-refractivity contribution in [2.75, 3.05) is 31.4 Å². The summed E-state index contributed by atoms with van der Waals surface area (Å²) in [7, 11) is 2.85. The summed E-state index contributed by atoms with van der Waals surface area (Å²) in [4.78, 5) is 25.1. The van der Waals surface area contributed by atoms with Crippen LogP contribution in [0.1, 0.15) is 20.8 Å². The third-order valence-corrected chi connectivity index (χ3v) is 4.99. The Balaban J connectivity index is 2.10. The Kier molecular flexibility index (Phi) is 6.27. The Morgan fingerprint density at radius 1 is 1.24 bits per heavy atom. The van der Waals surface area contributed by atoms with Crippen molar-refractivity contribution in [3.8, 4) is 5.75 Å². The van der Waals surface area contributed by atoms with E-state index in [1.807, 2.05) is 13.8 Å². The molecule has 1 amide bonds. The molecule has 0 fully saturated rings. The number of aryl methyl sites for hydroxylation is 1. The first kappa shape index (κ1) is 19.1. The molecule has 2 N–H and O–H groups in total. The van der Waals surface area contributed by atoms with Crippen LogP contribution in [0.15, 0.2) is 18.2 Å². The van der Waals surface area contributed by atoms with Gasteiger partial charge in [0, 0.05) is 9.90 Å². The Morgan fingerprint density at radius 2 is 1.96 bits per heavy atom. The summed E-state index contributed by atoms with van der Waals surface area (Å²) in [6.07, 6.45) is 0. The van der Waals surface area contributed by atoms with Crippen molar-refractivity contribution in [2.24, 2.45) is 0 Å². The lowest BCUT2D eigenvalue weighted by Crippen LogP contribution is -2.22. The maximum Gasteiger partial charge on any atom is 0.341 e. The highest BCUT2D eigenvalue weighted by Crippen LogP contribution is 2.33. The van der Waals surface area contributed by atoms with Crippen LogP contribution in [0, 0.1) is 13.8 Å². The second kappa shape index (κ2) is 8.22. The quantitative estimate of drug-likeness (QED) is 0.742. The molecule has 6 nitrogen and oxygen atoms in total. The molecule has 0 unspecified atom stereocenters. The predicted molar refractivity (Wildman–Crippen MR) is 100 cm³/mol. The van der Waals surface area contributed by atoms with Gasteiger partial charge in [0.1, 0.15) is 10.8 Å². The fraction of sp³-hybridized carbons (Fsp3) is 0.294. The monoisotopic (exact) mass is 382 g/mol. The summed E-state index contributed by atoms with van der Waals surface area (Å²) in [5.74, 6) is -0.190. The van der Waals surface area contributed by atoms with Crippen LogP contribution in [0.4, 0.5) is 10.7 Å². The Morgan fingerprint density at radius 3 is 2.60 bits per heavy atom. The first-order valence-corrected chi connectivity index (χ1v) is 8.62. The minimum absolute atomic E-state index is 0.00664. The average molecular weight is 383 g/mol. The number of carbonyl (C=O) groups excluding carboxylic acids is 2. The van der Waals surface area contributed by atoms with Crippen molar-refractivity contribution in [2.45, 2.75) is 13.8 Å². The third-order valence-electron chi connectivity index (χ3n) is 3.63. The van der Waals surface area contributed by atoms with E-state index in [9.17, 15) is 9.59 Å². The molecule has 0 saturated heterocycles. The fourth-order valence-corrected chi connectivity index (χ4v) is 3.46. The van der Waals surface area contributed by atoms with Crippen LogP contribution in [0.2, 0.25) is 5.02 Å². The van der Waals surface area contributed by atoms with Gasteiger partial charge in [-0.1, -0.05) is 11.6 Å². The lowest BCUT2D eigenvalue weighted by molar-refractivity contribution is -0.114. The maximum absolute atomic E-state index is 12.3. The molecule has 0 bridgehead atoms. The number of carbonyl (C=O) groups is 2. The fourth-order valence-electron chi connectivity index (χ4n) is 2.23. The van der Waals surface area contributed by atoms with Gasteiger partial charge >= 0.3 is 5.97 Å². The molecule has 0 aliphatic carbocycles. The van der Waals surface area contributed by atoms with Gasteiger partial charge in [0.25, 0.3) is 0 Å². The normalized spacial score (nSPS) is 10.3. The van der Waals surface area contributed by atoms with E-state index in [1.165, 1.54) is 25.6 Å². The maximum atomic E-state index is 12.3. The van der Waals surface area contributed by atoms with E-state index in [2.05, 4.69) is 10.6 Å². The Labute approximate surface area is 155 Å². The molecule has 0 aliphatic heterocycles. The summed E-state index contributed by atoms with van der Waals surface area (Å²) in [5, 5.41) is 6.74. The summed E-state index contributed by atoms with van der Waals surface area (Å²) < 4.78 is 10.0. The number of nitrogens with one attached hydrogen (secondary N) is 2. The predicted octanol–water partition coefficient (Wildman–Crippen LogP) is 3.86. The lowest BCUT2D eigenvalue weighted by Gasteiger charge is -2.11. The Bertz CT molecular complexity index is 804.